The van der Waals surface area contributed by atoms with Gasteiger partial charge in [-0.25, -0.2) is 4.98 Å². The zero-order valence-corrected chi connectivity index (χ0v) is 23.3. The van der Waals surface area contributed by atoms with Gasteiger partial charge in [-0.1, -0.05) is 13.8 Å². The van der Waals surface area contributed by atoms with Crippen molar-refractivity contribution in [1.82, 2.24) is 34.3 Å². The van der Waals surface area contributed by atoms with Gasteiger partial charge in [0.25, 0.3) is 0 Å². The van der Waals surface area contributed by atoms with E-state index < -0.39 is 6.04 Å². The lowest BCUT2D eigenvalue weighted by atomic mass is 10.0. The molecule has 1 aliphatic rings. The number of amides is 1. The number of fused-ring (bicyclic) bond motifs is 3. The van der Waals surface area contributed by atoms with Gasteiger partial charge in [-0.3, -0.25) is 9.48 Å². The maximum Gasteiger partial charge on any atom is 0.247 e. The smallest absolute Gasteiger partial charge is 0.247 e. The van der Waals surface area contributed by atoms with Crippen LogP contribution in [-0.2, 0) is 9.53 Å². The first kappa shape index (κ1) is 26.6. The van der Waals surface area contributed by atoms with Gasteiger partial charge in [0.15, 0.2) is 17.1 Å². The minimum absolute atomic E-state index is 0.00888. The highest BCUT2D eigenvalue weighted by atomic mass is 16.5. The van der Waals surface area contributed by atoms with Crippen molar-refractivity contribution in [2.75, 3.05) is 57.1 Å². The molecule has 0 radical (unpaired) electrons. The average Bonchev–Trinajstić information content (AvgIpc) is 3.74. The van der Waals surface area contributed by atoms with Crippen molar-refractivity contribution in [1.29, 1.82) is 0 Å². The van der Waals surface area contributed by atoms with E-state index >= 15 is 0 Å². The number of aromatic nitrogens is 6. The zero-order valence-electron chi connectivity index (χ0n) is 23.3. The monoisotopic (exact) mass is 559 g/mol. The van der Waals surface area contributed by atoms with Gasteiger partial charge in [0.2, 0.25) is 17.7 Å². The van der Waals surface area contributed by atoms with E-state index in [4.69, 9.17) is 19.6 Å². The van der Waals surface area contributed by atoms with Gasteiger partial charge in [-0.2, -0.15) is 14.6 Å². The number of piperazine rings is 1. The van der Waals surface area contributed by atoms with Crippen LogP contribution in [0.25, 0.3) is 28.3 Å². The SMILES string of the molecule is COCCOc1ccc(N2CCN(C(=O)C(C(C)C)n3cc4c(nc(N)n5nc(-c6ccco6)nc45)n3)CC2)cc1. The normalized spacial score (nSPS) is 14.8. The van der Waals surface area contributed by atoms with Crippen molar-refractivity contribution in [3.05, 3.63) is 48.9 Å². The van der Waals surface area contributed by atoms with Crippen molar-refractivity contribution < 1.29 is 18.7 Å². The molecule has 41 heavy (non-hydrogen) atoms. The molecule has 0 bridgehead atoms. The number of rotatable bonds is 9. The third-order valence-electron chi connectivity index (χ3n) is 7.26. The fourth-order valence-corrected chi connectivity index (χ4v) is 5.15. The summed E-state index contributed by atoms with van der Waals surface area (Å²) in [6.07, 6.45) is 3.37. The van der Waals surface area contributed by atoms with Gasteiger partial charge < -0.3 is 29.4 Å². The highest BCUT2D eigenvalue weighted by Gasteiger charge is 2.32. The van der Waals surface area contributed by atoms with E-state index in [1.165, 1.54) is 4.52 Å². The molecule has 0 aliphatic carbocycles. The number of carbonyl (C=O) groups excluding carboxylic acids is 1. The topological polar surface area (TPSA) is 142 Å². The van der Waals surface area contributed by atoms with E-state index in [0.29, 0.717) is 54.6 Å². The number of ether oxygens (including phenoxy) is 2. The summed E-state index contributed by atoms with van der Waals surface area (Å²) in [6, 6.07) is 11.1. The molecule has 13 nitrogen and oxygen atoms in total. The number of carbonyl (C=O) groups is 1. The highest BCUT2D eigenvalue weighted by Crippen LogP contribution is 2.28. The molecule has 1 aliphatic heterocycles. The quantitative estimate of drug-likeness (QED) is 0.268. The van der Waals surface area contributed by atoms with E-state index in [0.717, 1.165) is 24.5 Å². The molecule has 5 aromatic rings. The van der Waals surface area contributed by atoms with Gasteiger partial charge >= 0.3 is 0 Å². The van der Waals surface area contributed by atoms with Crippen LogP contribution in [0, 0.1) is 5.92 Å². The molecule has 1 atom stereocenters. The molecule has 214 valence electrons. The minimum Gasteiger partial charge on any atom is -0.491 e. The van der Waals surface area contributed by atoms with Crippen molar-refractivity contribution in [3.8, 4) is 17.3 Å². The van der Waals surface area contributed by atoms with E-state index in [2.05, 4.69) is 25.1 Å². The fraction of sp³-hybridized carbons (Fsp3) is 0.393. The standard InChI is InChI=1S/C28H33N9O4/c1-18(2)23(27(38)35-12-10-34(11-13-35)19-6-8-20(9-7-19)40-16-15-39-3)36-17-21-24(32-36)31-28(29)37-26(21)30-25(33-37)22-5-4-14-41-22/h4-9,14,17-18,23H,10-13,15-16H2,1-3H3,(H2,29,31,32). The molecule has 1 unspecified atom stereocenters. The van der Waals surface area contributed by atoms with E-state index in [1.807, 2.05) is 49.2 Å². The van der Waals surface area contributed by atoms with Crippen LogP contribution in [0.1, 0.15) is 19.9 Å². The average molecular weight is 560 g/mol. The molecular weight excluding hydrogens is 526 g/mol. The van der Waals surface area contributed by atoms with E-state index in [9.17, 15) is 4.79 Å². The van der Waals surface area contributed by atoms with Crippen LogP contribution >= 0.6 is 0 Å². The van der Waals surface area contributed by atoms with Crippen LogP contribution in [0.2, 0.25) is 0 Å². The number of hydrogen-bond donors (Lipinski definition) is 1. The maximum absolute atomic E-state index is 13.8. The Labute approximate surface area is 236 Å². The molecule has 5 heterocycles. The van der Waals surface area contributed by atoms with Crippen molar-refractivity contribution in [3.63, 3.8) is 0 Å². The van der Waals surface area contributed by atoms with E-state index in [1.54, 1.807) is 30.2 Å². The van der Waals surface area contributed by atoms with Crippen LogP contribution in [0.15, 0.2) is 53.3 Å². The lowest BCUT2D eigenvalue weighted by molar-refractivity contribution is -0.136. The van der Waals surface area contributed by atoms with Crippen LogP contribution in [0.3, 0.4) is 0 Å². The third kappa shape index (κ3) is 5.15. The number of nitrogens with zero attached hydrogens (tertiary/aromatic N) is 8. The van der Waals surface area contributed by atoms with Gasteiger partial charge in [0, 0.05) is 45.2 Å². The summed E-state index contributed by atoms with van der Waals surface area (Å²) in [5.41, 5.74) is 8.20. The van der Waals surface area contributed by atoms with Gasteiger partial charge in [0.1, 0.15) is 18.4 Å². The van der Waals surface area contributed by atoms with E-state index in [-0.39, 0.29) is 17.8 Å². The summed E-state index contributed by atoms with van der Waals surface area (Å²) in [7, 11) is 1.65. The second-order valence-electron chi connectivity index (χ2n) is 10.3. The van der Waals surface area contributed by atoms with Gasteiger partial charge in [-0.05, 0) is 42.3 Å². The van der Waals surface area contributed by atoms with Crippen LogP contribution in [0.4, 0.5) is 11.6 Å². The molecule has 13 heteroatoms. The molecule has 0 saturated carbocycles. The molecule has 6 rings (SSSR count). The maximum atomic E-state index is 13.8. The predicted molar refractivity (Wildman–Crippen MR) is 153 cm³/mol. The molecule has 1 fully saturated rings. The second kappa shape index (κ2) is 11.1. The number of nitrogen functional groups attached to an aromatic ring is 1. The Morgan fingerprint density at radius 2 is 1.83 bits per heavy atom. The third-order valence-corrected chi connectivity index (χ3v) is 7.26. The lowest BCUT2D eigenvalue weighted by Gasteiger charge is -2.38. The molecule has 1 saturated heterocycles. The van der Waals surface area contributed by atoms with Gasteiger partial charge in [-0.15, -0.1) is 5.10 Å². The number of anilines is 2. The second-order valence-corrected chi connectivity index (χ2v) is 10.3. The predicted octanol–water partition coefficient (Wildman–Crippen LogP) is 2.89. The first-order valence-corrected chi connectivity index (χ1v) is 13.6. The summed E-state index contributed by atoms with van der Waals surface area (Å²) in [6.45, 7) is 7.79. The van der Waals surface area contributed by atoms with Crippen molar-refractivity contribution in [2.24, 2.45) is 5.92 Å². The van der Waals surface area contributed by atoms with Crippen LogP contribution in [0.5, 0.6) is 5.75 Å². The number of furan rings is 1. The summed E-state index contributed by atoms with van der Waals surface area (Å²) in [4.78, 5) is 27.1. The minimum atomic E-state index is -0.506. The van der Waals surface area contributed by atoms with Crippen molar-refractivity contribution >= 4 is 34.2 Å². The van der Waals surface area contributed by atoms with Crippen LogP contribution in [-0.4, -0.2) is 86.7 Å². The molecule has 1 amide bonds. The summed E-state index contributed by atoms with van der Waals surface area (Å²) in [5, 5.41) is 9.78. The Morgan fingerprint density at radius 3 is 2.51 bits per heavy atom. The largest absolute Gasteiger partial charge is 0.491 e. The summed E-state index contributed by atoms with van der Waals surface area (Å²) >= 11 is 0. The summed E-state index contributed by atoms with van der Waals surface area (Å²) < 4.78 is 19.3. The molecular formula is C28H33N9O4. The molecule has 2 N–H and O–H groups in total. The molecule has 1 aromatic carbocycles. The fourth-order valence-electron chi connectivity index (χ4n) is 5.15. The Morgan fingerprint density at radius 1 is 1.05 bits per heavy atom. The first-order chi connectivity index (χ1) is 19.9. The Kier molecular flexibility index (Phi) is 7.18. The van der Waals surface area contributed by atoms with Crippen molar-refractivity contribution in [2.45, 2.75) is 19.9 Å². The Balaban J connectivity index is 1.19. The zero-order chi connectivity index (χ0) is 28.5. The number of hydrogen-bond acceptors (Lipinski definition) is 10. The highest BCUT2D eigenvalue weighted by molar-refractivity contribution is 5.91. The number of benzene rings is 1. The number of methoxy groups -OCH3 is 1. The number of nitrogens with two attached hydrogens (primary N) is 1. The molecule has 4 aromatic heterocycles. The summed E-state index contributed by atoms with van der Waals surface area (Å²) in [5.74, 6) is 1.89. The Hall–Kier alpha value is -4.65. The van der Waals surface area contributed by atoms with Gasteiger partial charge in [0.05, 0.1) is 18.3 Å². The Bertz CT molecular complexity index is 1630. The van der Waals surface area contributed by atoms with Crippen LogP contribution < -0.4 is 15.4 Å². The first-order valence-electron chi connectivity index (χ1n) is 13.6. The lowest BCUT2D eigenvalue weighted by Crippen LogP contribution is -2.51. The molecule has 0 spiro atoms.